The molecule has 1 saturated heterocycles. The highest BCUT2D eigenvalue weighted by Gasteiger charge is 2.53. The van der Waals surface area contributed by atoms with Crippen molar-refractivity contribution in [2.24, 2.45) is 11.3 Å². The van der Waals surface area contributed by atoms with E-state index in [1.165, 1.54) is 4.90 Å². The molecule has 0 aromatic carbocycles. The second kappa shape index (κ2) is 9.18. The van der Waals surface area contributed by atoms with Gasteiger partial charge < -0.3 is 15.0 Å². The fourth-order valence-corrected chi connectivity index (χ4v) is 4.25. The first-order valence-electron chi connectivity index (χ1n) is 10.6. The minimum atomic E-state index is -0.921. The molecule has 1 saturated carbocycles. The summed E-state index contributed by atoms with van der Waals surface area (Å²) in [4.78, 5) is 52.1. The van der Waals surface area contributed by atoms with E-state index in [2.05, 4.69) is 32.7 Å². The van der Waals surface area contributed by atoms with Crippen LogP contribution >= 0.6 is 0 Å². The van der Waals surface area contributed by atoms with Gasteiger partial charge in [-0.3, -0.25) is 19.3 Å². The molecule has 1 aliphatic heterocycles. The smallest absolute Gasteiger partial charge is 0.326 e. The zero-order chi connectivity index (χ0) is 22.7. The van der Waals surface area contributed by atoms with Crippen LogP contribution in [0.1, 0.15) is 60.3 Å². The number of nitrogens with one attached hydrogen (secondary N) is 1. The Morgan fingerprint density at radius 3 is 2.37 bits per heavy atom. The molecule has 2 aliphatic rings. The zero-order valence-electron chi connectivity index (χ0n) is 18.9. The Labute approximate surface area is 179 Å². The summed E-state index contributed by atoms with van der Waals surface area (Å²) in [6, 6.07) is -0.574. The Morgan fingerprint density at radius 2 is 1.87 bits per heavy atom. The number of likely N-dealkylation sites (N-methyl/N-ethyl adjacent to an activating group) is 1. The van der Waals surface area contributed by atoms with Gasteiger partial charge in [-0.15, -0.1) is 0 Å². The number of hydrogen-bond acceptors (Lipinski definition) is 5. The molecule has 0 unspecified atom stereocenters. The number of amides is 4. The molecule has 4 amide bonds. The lowest BCUT2D eigenvalue weighted by Gasteiger charge is -2.40. The zero-order valence-corrected chi connectivity index (χ0v) is 18.9. The molecule has 8 nitrogen and oxygen atoms in total. The third kappa shape index (κ3) is 5.40. The lowest BCUT2D eigenvalue weighted by atomic mass is 9.67. The first-order chi connectivity index (χ1) is 13.9. The monoisotopic (exact) mass is 421 g/mol. The molecule has 0 bridgehead atoms. The topological polar surface area (TPSA) is 96.0 Å². The van der Waals surface area contributed by atoms with Gasteiger partial charge in [0.05, 0.1) is 0 Å². The van der Waals surface area contributed by atoms with Crippen molar-refractivity contribution in [2.45, 2.75) is 65.8 Å². The van der Waals surface area contributed by atoms with Gasteiger partial charge in [0.2, 0.25) is 0 Å². The first-order valence-corrected chi connectivity index (χ1v) is 10.6. The van der Waals surface area contributed by atoms with Crippen LogP contribution in [0.25, 0.3) is 0 Å². The highest BCUT2D eigenvalue weighted by Crippen LogP contribution is 2.43. The summed E-state index contributed by atoms with van der Waals surface area (Å²) in [6.45, 7) is 13.9. The summed E-state index contributed by atoms with van der Waals surface area (Å²) >= 11 is 0. The van der Waals surface area contributed by atoms with E-state index < -0.39 is 30.7 Å². The predicted octanol–water partition coefficient (Wildman–Crippen LogP) is 2.48. The molecule has 2 fully saturated rings. The molecule has 168 valence electrons. The van der Waals surface area contributed by atoms with Crippen molar-refractivity contribution in [3.63, 3.8) is 0 Å². The number of esters is 1. The second-order valence-corrected chi connectivity index (χ2v) is 9.57. The molecule has 30 heavy (non-hydrogen) atoms. The van der Waals surface area contributed by atoms with Gasteiger partial charge in [-0.05, 0) is 50.9 Å². The highest BCUT2D eigenvalue weighted by molar-refractivity contribution is 6.08. The minimum Gasteiger partial charge on any atom is -0.454 e. The van der Waals surface area contributed by atoms with Crippen LogP contribution in [-0.4, -0.2) is 65.4 Å². The van der Waals surface area contributed by atoms with Crippen molar-refractivity contribution in [3.05, 3.63) is 12.2 Å². The lowest BCUT2D eigenvalue weighted by molar-refractivity contribution is -0.153. The Morgan fingerprint density at radius 1 is 1.27 bits per heavy atom. The molecule has 0 aromatic rings. The number of imide groups is 1. The van der Waals surface area contributed by atoms with Crippen LogP contribution in [0, 0.1) is 11.3 Å². The summed E-state index contributed by atoms with van der Waals surface area (Å²) in [6.07, 6.45) is 2.82. The Hall–Kier alpha value is -2.38. The maximum Gasteiger partial charge on any atom is 0.326 e. The van der Waals surface area contributed by atoms with Crippen molar-refractivity contribution < 1.29 is 23.9 Å². The molecular weight excluding hydrogens is 386 g/mol. The van der Waals surface area contributed by atoms with Crippen LogP contribution in [0.5, 0.6) is 0 Å². The van der Waals surface area contributed by atoms with Crippen LogP contribution < -0.4 is 5.32 Å². The molecule has 1 heterocycles. The fraction of sp³-hybridized carbons (Fsp3) is 0.727. The van der Waals surface area contributed by atoms with E-state index in [9.17, 15) is 19.2 Å². The van der Waals surface area contributed by atoms with Crippen molar-refractivity contribution in [2.75, 3.05) is 26.2 Å². The Balaban J connectivity index is 1.91. The SMILES string of the molecule is C=C(C)CN(CC)C(=O)COC(=O)CN1C(=O)NC2(CCC(C(C)(C)C)CC2)C1=O. The third-order valence-corrected chi connectivity index (χ3v) is 6.15. The molecule has 0 aromatic heterocycles. The van der Waals surface area contributed by atoms with Gasteiger partial charge in [-0.25, -0.2) is 4.79 Å². The number of nitrogens with zero attached hydrogens (tertiary/aromatic N) is 2. The summed E-state index contributed by atoms with van der Waals surface area (Å²) in [5, 5.41) is 2.81. The van der Waals surface area contributed by atoms with E-state index in [0.29, 0.717) is 31.8 Å². The van der Waals surface area contributed by atoms with Gasteiger partial charge in [0, 0.05) is 13.1 Å². The number of ether oxygens (including phenoxy) is 1. The number of carbonyl (C=O) groups is 4. The van der Waals surface area contributed by atoms with Crippen LogP contribution in [0.15, 0.2) is 12.2 Å². The predicted molar refractivity (Wildman–Crippen MR) is 112 cm³/mol. The van der Waals surface area contributed by atoms with Gasteiger partial charge in [-0.2, -0.15) is 0 Å². The molecule has 8 heteroatoms. The molecular formula is C22H35N3O5. The first kappa shape index (κ1) is 23.9. The molecule has 1 N–H and O–H groups in total. The lowest BCUT2D eigenvalue weighted by Crippen LogP contribution is -2.50. The van der Waals surface area contributed by atoms with E-state index in [4.69, 9.17) is 4.74 Å². The molecule has 0 radical (unpaired) electrons. The van der Waals surface area contributed by atoms with E-state index >= 15 is 0 Å². The highest BCUT2D eigenvalue weighted by atomic mass is 16.5. The molecule has 1 aliphatic carbocycles. The fourth-order valence-electron chi connectivity index (χ4n) is 4.25. The van der Waals surface area contributed by atoms with Gasteiger partial charge in [-0.1, -0.05) is 32.9 Å². The number of carbonyl (C=O) groups excluding carboxylic acids is 4. The largest absolute Gasteiger partial charge is 0.454 e. The summed E-state index contributed by atoms with van der Waals surface area (Å²) in [7, 11) is 0. The average molecular weight is 422 g/mol. The van der Waals surface area contributed by atoms with Crippen molar-refractivity contribution >= 4 is 23.8 Å². The summed E-state index contributed by atoms with van der Waals surface area (Å²) in [5.74, 6) is -1.01. The maximum absolute atomic E-state index is 12.9. The molecule has 0 atom stereocenters. The third-order valence-electron chi connectivity index (χ3n) is 6.15. The molecule has 2 rings (SSSR count). The minimum absolute atomic E-state index is 0.153. The van der Waals surface area contributed by atoms with Crippen molar-refractivity contribution in [3.8, 4) is 0 Å². The second-order valence-electron chi connectivity index (χ2n) is 9.57. The quantitative estimate of drug-likeness (QED) is 0.387. The van der Waals surface area contributed by atoms with E-state index in [1.54, 1.807) is 0 Å². The van der Waals surface area contributed by atoms with Gasteiger partial charge >= 0.3 is 12.0 Å². The Kier molecular flexibility index (Phi) is 7.31. The summed E-state index contributed by atoms with van der Waals surface area (Å²) < 4.78 is 5.03. The van der Waals surface area contributed by atoms with E-state index in [-0.39, 0.29) is 17.2 Å². The van der Waals surface area contributed by atoms with Crippen LogP contribution in [0.3, 0.4) is 0 Å². The van der Waals surface area contributed by atoms with Gasteiger partial charge in [0.25, 0.3) is 11.8 Å². The maximum atomic E-state index is 12.9. The number of rotatable bonds is 7. The Bertz CT molecular complexity index is 717. The average Bonchev–Trinajstić information content (AvgIpc) is 2.87. The number of urea groups is 1. The van der Waals surface area contributed by atoms with Crippen LogP contribution in [0.2, 0.25) is 0 Å². The van der Waals surface area contributed by atoms with Gasteiger partial charge in [0.1, 0.15) is 12.1 Å². The van der Waals surface area contributed by atoms with Crippen LogP contribution in [0.4, 0.5) is 4.79 Å². The number of hydrogen-bond donors (Lipinski definition) is 1. The standard InChI is InChI=1S/C22H35N3O5/c1-7-24(12-15(2)3)17(26)14-30-18(27)13-25-19(28)22(23-20(25)29)10-8-16(9-11-22)21(4,5)6/h16H,2,7-14H2,1,3-6H3,(H,23,29). The van der Waals surface area contributed by atoms with Crippen LogP contribution in [-0.2, 0) is 19.1 Å². The summed E-state index contributed by atoms with van der Waals surface area (Å²) in [5.41, 5.74) is 0.0530. The van der Waals surface area contributed by atoms with Crippen molar-refractivity contribution in [1.29, 1.82) is 0 Å². The van der Waals surface area contributed by atoms with E-state index in [1.807, 2.05) is 13.8 Å². The molecule has 1 spiro atoms. The van der Waals surface area contributed by atoms with Gasteiger partial charge in [0.15, 0.2) is 6.61 Å². The normalized spacial score (nSPS) is 24.0. The van der Waals surface area contributed by atoms with E-state index in [0.717, 1.165) is 23.3 Å². The van der Waals surface area contributed by atoms with Crippen molar-refractivity contribution in [1.82, 2.24) is 15.1 Å².